The minimum absolute atomic E-state index is 0.865. The van der Waals surface area contributed by atoms with Gasteiger partial charge in [0.05, 0.1) is 0 Å². The molecule has 0 N–H and O–H groups in total. The monoisotopic (exact) mass is 378 g/mol. The summed E-state index contributed by atoms with van der Waals surface area (Å²) in [5.74, 6) is 3.98. The molecule has 27 heavy (non-hydrogen) atoms. The van der Waals surface area contributed by atoms with Crippen molar-refractivity contribution in [1.82, 2.24) is 0 Å². The topological polar surface area (TPSA) is 0 Å². The first-order chi connectivity index (χ1) is 13.1. The van der Waals surface area contributed by atoms with E-state index in [0.717, 1.165) is 23.7 Å². The first-order valence-electron chi connectivity index (χ1n) is 13.1. The van der Waals surface area contributed by atoms with Crippen LogP contribution in [0.1, 0.15) is 150 Å². The standard InChI is InChI=1S/C27H54/c1-5-6-7-8-9-10-13-16-19-26(23-27-21-22-27)20-17-14-11-12-15-18-25(4)24(2)3/h24-27H,5-23H2,1-4H3. The third-order valence-corrected chi connectivity index (χ3v) is 7.24. The molecule has 1 aliphatic carbocycles. The number of hydrogen-bond acceptors (Lipinski definition) is 0. The predicted molar refractivity (Wildman–Crippen MR) is 124 cm³/mol. The van der Waals surface area contributed by atoms with E-state index < -0.39 is 0 Å². The van der Waals surface area contributed by atoms with Crippen molar-refractivity contribution in [2.75, 3.05) is 0 Å². The fourth-order valence-electron chi connectivity index (χ4n) is 4.53. The predicted octanol–water partition coefficient (Wildman–Crippen LogP) is 9.96. The quantitative estimate of drug-likeness (QED) is 0.185. The van der Waals surface area contributed by atoms with Crippen LogP contribution in [0.3, 0.4) is 0 Å². The highest BCUT2D eigenvalue weighted by Crippen LogP contribution is 2.38. The van der Waals surface area contributed by atoms with E-state index in [-0.39, 0.29) is 0 Å². The Morgan fingerprint density at radius 1 is 0.593 bits per heavy atom. The van der Waals surface area contributed by atoms with Crippen LogP contribution in [0.25, 0.3) is 0 Å². The molecule has 0 spiro atoms. The van der Waals surface area contributed by atoms with Gasteiger partial charge in [-0.3, -0.25) is 0 Å². The second kappa shape index (κ2) is 16.9. The van der Waals surface area contributed by atoms with Crippen molar-refractivity contribution >= 4 is 0 Å². The second-order valence-corrected chi connectivity index (χ2v) is 10.4. The van der Waals surface area contributed by atoms with Crippen molar-refractivity contribution < 1.29 is 0 Å². The summed E-state index contributed by atoms with van der Waals surface area (Å²) in [7, 11) is 0. The summed E-state index contributed by atoms with van der Waals surface area (Å²) in [5, 5.41) is 0. The van der Waals surface area contributed by atoms with Crippen molar-refractivity contribution in [2.45, 2.75) is 150 Å². The molecule has 0 aliphatic heterocycles. The van der Waals surface area contributed by atoms with E-state index in [1.807, 2.05) is 0 Å². The van der Waals surface area contributed by atoms with E-state index in [2.05, 4.69) is 27.7 Å². The van der Waals surface area contributed by atoms with E-state index in [9.17, 15) is 0 Å². The van der Waals surface area contributed by atoms with E-state index in [1.54, 1.807) is 19.3 Å². The van der Waals surface area contributed by atoms with E-state index in [1.165, 1.54) is 103 Å². The van der Waals surface area contributed by atoms with Crippen LogP contribution < -0.4 is 0 Å². The highest BCUT2D eigenvalue weighted by molar-refractivity contribution is 4.77. The fraction of sp³-hybridized carbons (Fsp3) is 1.00. The summed E-state index contributed by atoms with van der Waals surface area (Å²) >= 11 is 0. The zero-order valence-electron chi connectivity index (χ0n) is 19.7. The molecule has 0 heterocycles. The van der Waals surface area contributed by atoms with Gasteiger partial charge in [-0.2, -0.15) is 0 Å². The van der Waals surface area contributed by atoms with Crippen LogP contribution in [0.15, 0.2) is 0 Å². The molecule has 0 bridgehead atoms. The minimum Gasteiger partial charge on any atom is -0.0654 e. The van der Waals surface area contributed by atoms with Crippen LogP contribution in [0.4, 0.5) is 0 Å². The lowest BCUT2D eigenvalue weighted by atomic mass is 9.89. The van der Waals surface area contributed by atoms with Crippen LogP contribution in [-0.2, 0) is 0 Å². The molecule has 0 heteroatoms. The number of unbranched alkanes of at least 4 members (excludes halogenated alkanes) is 11. The summed E-state index contributed by atoms with van der Waals surface area (Å²) in [6, 6.07) is 0. The molecule has 0 nitrogen and oxygen atoms in total. The summed E-state index contributed by atoms with van der Waals surface area (Å²) in [6.07, 6.45) is 28.4. The Hall–Kier alpha value is 0. The zero-order valence-corrected chi connectivity index (χ0v) is 19.7. The molecule has 0 aromatic carbocycles. The lowest BCUT2D eigenvalue weighted by Crippen LogP contribution is -2.03. The Bertz CT molecular complexity index is 301. The lowest BCUT2D eigenvalue weighted by molar-refractivity contribution is 0.357. The molecule has 0 saturated heterocycles. The Morgan fingerprint density at radius 3 is 1.48 bits per heavy atom. The van der Waals surface area contributed by atoms with E-state index in [4.69, 9.17) is 0 Å². The summed E-state index contributed by atoms with van der Waals surface area (Å²) < 4.78 is 0. The molecule has 162 valence electrons. The molecule has 0 aromatic rings. The average Bonchev–Trinajstić information content (AvgIpc) is 3.46. The van der Waals surface area contributed by atoms with Crippen molar-refractivity contribution in [1.29, 1.82) is 0 Å². The largest absolute Gasteiger partial charge is 0.0654 e. The Kier molecular flexibility index (Phi) is 15.7. The van der Waals surface area contributed by atoms with Crippen LogP contribution in [-0.4, -0.2) is 0 Å². The molecular weight excluding hydrogens is 324 g/mol. The smallest absolute Gasteiger partial charge is 0.0411 e. The van der Waals surface area contributed by atoms with Crippen molar-refractivity contribution in [3.63, 3.8) is 0 Å². The molecule has 1 fully saturated rings. The van der Waals surface area contributed by atoms with Gasteiger partial charge in [0, 0.05) is 0 Å². The van der Waals surface area contributed by atoms with Crippen molar-refractivity contribution in [3.05, 3.63) is 0 Å². The van der Waals surface area contributed by atoms with Crippen LogP contribution >= 0.6 is 0 Å². The number of rotatable bonds is 20. The average molecular weight is 379 g/mol. The Balaban J connectivity index is 1.97. The van der Waals surface area contributed by atoms with Gasteiger partial charge in [-0.1, -0.05) is 143 Å². The van der Waals surface area contributed by atoms with Gasteiger partial charge in [-0.25, -0.2) is 0 Å². The molecule has 1 aliphatic rings. The van der Waals surface area contributed by atoms with Gasteiger partial charge >= 0.3 is 0 Å². The third-order valence-electron chi connectivity index (χ3n) is 7.24. The normalized spacial score (nSPS) is 16.8. The minimum atomic E-state index is 0.865. The molecule has 1 rings (SSSR count). The first kappa shape index (κ1) is 25.0. The van der Waals surface area contributed by atoms with Gasteiger partial charge in [0.1, 0.15) is 0 Å². The van der Waals surface area contributed by atoms with Crippen molar-refractivity contribution in [2.24, 2.45) is 23.7 Å². The van der Waals surface area contributed by atoms with E-state index in [0.29, 0.717) is 0 Å². The Morgan fingerprint density at radius 2 is 1.04 bits per heavy atom. The molecule has 0 aromatic heterocycles. The molecule has 0 radical (unpaired) electrons. The SMILES string of the molecule is CCCCCCCCCCC(CCCCCCCC(C)C(C)C)CC1CC1. The second-order valence-electron chi connectivity index (χ2n) is 10.4. The molecule has 2 atom stereocenters. The van der Waals surface area contributed by atoms with Gasteiger partial charge in [-0.15, -0.1) is 0 Å². The fourth-order valence-corrected chi connectivity index (χ4v) is 4.53. The first-order valence-corrected chi connectivity index (χ1v) is 13.1. The highest BCUT2D eigenvalue weighted by atomic mass is 14.3. The summed E-state index contributed by atoms with van der Waals surface area (Å²) in [5.41, 5.74) is 0. The van der Waals surface area contributed by atoms with Gasteiger partial charge in [-0.05, 0) is 30.1 Å². The van der Waals surface area contributed by atoms with Crippen LogP contribution in [0, 0.1) is 23.7 Å². The lowest BCUT2D eigenvalue weighted by Gasteiger charge is -2.17. The molecular formula is C27H54. The number of hydrogen-bond donors (Lipinski definition) is 0. The maximum Gasteiger partial charge on any atom is -0.0411 e. The summed E-state index contributed by atoms with van der Waals surface area (Å²) in [4.78, 5) is 0. The maximum absolute atomic E-state index is 2.43. The van der Waals surface area contributed by atoms with Crippen molar-refractivity contribution in [3.8, 4) is 0 Å². The zero-order chi connectivity index (χ0) is 19.7. The van der Waals surface area contributed by atoms with E-state index >= 15 is 0 Å². The highest BCUT2D eigenvalue weighted by Gasteiger charge is 2.24. The molecule has 2 unspecified atom stereocenters. The Labute approximate surface area is 173 Å². The van der Waals surface area contributed by atoms with Gasteiger partial charge in [0.2, 0.25) is 0 Å². The van der Waals surface area contributed by atoms with Crippen LogP contribution in [0.5, 0.6) is 0 Å². The third kappa shape index (κ3) is 15.6. The van der Waals surface area contributed by atoms with Crippen LogP contribution in [0.2, 0.25) is 0 Å². The van der Waals surface area contributed by atoms with Gasteiger partial charge < -0.3 is 0 Å². The summed E-state index contributed by atoms with van der Waals surface area (Å²) in [6.45, 7) is 9.49. The molecule has 1 saturated carbocycles. The maximum atomic E-state index is 2.43. The van der Waals surface area contributed by atoms with Gasteiger partial charge in [0.25, 0.3) is 0 Å². The van der Waals surface area contributed by atoms with Gasteiger partial charge in [0.15, 0.2) is 0 Å². The molecule has 0 amide bonds.